The lowest BCUT2D eigenvalue weighted by molar-refractivity contribution is -0.146. The summed E-state index contributed by atoms with van der Waals surface area (Å²) in [4.78, 5) is 16.7. The lowest BCUT2D eigenvalue weighted by Gasteiger charge is -2.13. The number of carbonyl (C=O) groups is 1. The minimum atomic E-state index is -3.88. The number of aromatic nitrogens is 1. The summed E-state index contributed by atoms with van der Waals surface area (Å²) in [7, 11) is -2.30. The van der Waals surface area contributed by atoms with E-state index in [1.165, 1.54) is 42.5 Å². The van der Waals surface area contributed by atoms with Crippen molar-refractivity contribution in [3.8, 4) is 16.3 Å². The number of ether oxygens (including phenoxy) is 2. The summed E-state index contributed by atoms with van der Waals surface area (Å²) in [6.45, 7) is 1.34. The summed E-state index contributed by atoms with van der Waals surface area (Å²) >= 11 is 7.17. The topological polar surface area (TPSA) is 94.6 Å². The third-order valence-electron chi connectivity index (χ3n) is 4.06. The highest BCUT2D eigenvalue weighted by atomic mass is 35.5. The van der Waals surface area contributed by atoms with Crippen molar-refractivity contribution in [1.82, 2.24) is 9.71 Å². The highest BCUT2D eigenvalue weighted by molar-refractivity contribution is 7.89. The Bertz CT molecular complexity index is 1130. The van der Waals surface area contributed by atoms with E-state index in [1.54, 1.807) is 12.5 Å². The number of sulfonamides is 1. The monoisotopic (exact) mass is 466 g/mol. The molecule has 0 amide bonds. The maximum Gasteiger partial charge on any atom is 0.324 e. The molecule has 3 aromatic rings. The van der Waals surface area contributed by atoms with E-state index in [9.17, 15) is 13.2 Å². The Morgan fingerprint density at radius 1 is 1.20 bits per heavy atom. The fraction of sp³-hybridized carbons (Fsp3) is 0.200. The van der Waals surface area contributed by atoms with E-state index in [2.05, 4.69) is 9.71 Å². The number of para-hydroxylation sites is 1. The molecule has 10 heteroatoms. The average molecular weight is 467 g/mol. The summed E-state index contributed by atoms with van der Waals surface area (Å²) in [5, 5.41) is 2.92. The molecule has 0 spiro atoms. The van der Waals surface area contributed by atoms with Gasteiger partial charge in [0.05, 0.1) is 23.3 Å². The average Bonchev–Trinajstić information content (AvgIpc) is 3.20. The van der Waals surface area contributed by atoms with E-state index < -0.39 is 22.0 Å². The van der Waals surface area contributed by atoms with Gasteiger partial charge in [0, 0.05) is 10.4 Å². The molecule has 0 aliphatic heterocycles. The number of hydrogen-bond donors (Lipinski definition) is 1. The Morgan fingerprint density at radius 3 is 2.60 bits per heavy atom. The molecule has 0 saturated heterocycles. The molecule has 0 radical (unpaired) electrons. The normalized spacial score (nSPS) is 12.4. The Morgan fingerprint density at radius 2 is 1.90 bits per heavy atom. The molecule has 1 N–H and O–H groups in total. The number of carbonyl (C=O) groups excluding carboxylic acids is 1. The highest BCUT2D eigenvalue weighted by Crippen LogP contribution is 2.32. The molecule has 2 aromatic carbocycles. The van der Waals surface area contributed by atoms with Gasteiger partial charge in [-0.1, -0.05) is 23.7 Å². The molecule has 0 unspecified atom stereocenters. The van der Waals surface area contributed by atoms with Gasteiger partial charge in [0.1, 0.15) is 23.4 Å². The molecule has 1 heterocycles. The smallest absolute Gasteiger partial charge is 0.324 e. The van der Waals surface area contributed by atoms with Crippen LogP contribution in [0.5, 0.6) is 5.75 Å². The molecule has 0 saturated carbocycles. The van der Waals surface area contributed by atoms with E-state index >= 15 is 0 Å². The Labute approximate surface area is 183 Å². The summed E-state index contributed by atoms with van der Waals surface area (Å²) in [6.07, 6.45) is 0. The Kier molecular flexibility index (Phi) is 7.09. The van der Waals surface area contributed by atoms with Crippen molar-refractivity contribution < 1.29 is 22.7 Å². The molecular formula is C20H19ClN2O5S2. The van der Waals surface area contributed by atoms with Gasteiger partial charge in [0.25, 0.3) is 0 Å². The van der Waals surface area contributed by atoms with Crippen molar-refractivity contribution in [2.45, 2.75) is 24.5 Å². The molecule has 0 aliphatic carbocycles. The van der Waals surface area contributed by atoms with Gasteiger partial charge in [-0.2, -0.15) is 4.72 Å². The third-order valence-corrected chi connectivity index (χ3v) is 6.79. The summed E-state index contributed by atoms with van der Waals surface area (Å²) in [6, 6.07) is 12.0. The number of nitrogens with one attached hydrogen (secondary N) is 1. The van der Waals surface area contributed by atoms with E-state index in [0.717, 1.165) is 10.6 Å². The van der Waals surface area contributed by atoms with Crippen LogP contribution in [0.1, 0.15) is 12.6 Å². The maximum absolute atomic E-state index is 12.4. The SMILES string of the molecule is COc1ccccc1-c1nc(COC(=O)[C@H](C)NS(=O)(=O)c2ccc(Cl)cc2)cs1. The second kappa shape index (κ2) is 9.57. The Balaban J connectivity index is 1.60. The molecule has 1 atom stereocenters. The number of rotatable bonds is 8. The van der Waals surface area contributed by atoms with Crippen LogP contribution in [0.15, 0.2) is 58.8 Å². The van der Waals surface area contributed by atoms with Crippen LogP contribution in [-0.2, 0) is 26.2 Å². The van der Waals surface area contributed by atoms with Crippen LogP contribution >= 0.6 is 22.9 Å². The molecule has 0 aliphatic rings. The van der Waals surface area contributed by atoms with Crippen molar-refractivity contribution in [3.63, 3.8) is 0 Å². The van der Waals surface area contributed by atoms with E-state index in [1.807, 2.05) is 24.3 Å². The quantitative estimate of drug-likeness (QED) is 0.506. The number of halogens is 1. The van der Waals surface area contributed by atoms with Gasteiger partial charge in [0.2, 0.25) is 10.0 Å². The van der Waals surface area contributed by atoms with Crippen LogP contribution in [0, 0.1) is 0 Å². The van der Waals surface area contributed by atoms with Crippen molar-refractivity contribution >= 4 is 38.9 Å². The summed E-state index contributed by atoms with van der Waals surface area (Å²) < 4.78 is 37.6. The predicted octanol–water partition coefficient (Wildman–Crippen LogP) is 3.88. The first kappa shape index (κ1) is 22.2. The molecule has 158 valence electrons. The summed E-state index contributed by atoms with van der Waals surface area (Å²) in [5.41, 5.74) is 1.40. The van der Waals surface area contributed by atoms with Gasteiger partial charge >= 0.3 is 5.97 Å². The number of nitrogens with zero attached hydrogens (tertiary/aromatic N) is 1. The first-order chi connectivity index (χ1) is 14.3. The van der Waals surface area contributed by atoms with E-state index in [4.69, 9.17) is 21.1 Å². The van der Waals surface area contributed by atoms with Crippen LogP contribution < -0.4 is 9.46 Å². The molecule has 0 bridgehead atoms. The van der Waals surface area contributed by atoms with Gasteiger partial charge < -0.3 is 9.47 Å². The van der Waals surface area contributed by atoms with Crippen LogP contribution in [0.25, 0.3) is 10.6 Å². The van der Waals surface area contributed by atoms with Gasteiger partial charge in [-0.3, -0.25) is 4.79 Å². The molecule has 30 heavy (non-hydrogen) atoms. The van der Waals surface area contributed by atoms with Crippen molar-refractivity contribution in [2.75, 3.05) is 7.11 Å². The first-order valence-corrected chi connectivity index (χ1v) is 11.6. The van der Waals surface area contributed by atoms with Gasteiger partial charge in [0.15, 0.2) is 0 Å². The number of thiazole rings is 1. The Hall–Kier alpha value is -2.46. The van der Waals surface area contributed by atoms with Crippen LogP contribution in [0.4, 0.5) is 0 Å². The largest absolute Gasteiger partial charge is 0.496 e. The number of benzene rings is 2. The van der Waals surface area contributed by atoms with E-state index in [0.29, 0.717) is 16.5 Å². The predicted molar refractivity (Wildman–Crippen MR) is 115 cm³/mol. The fourth-order valence-corrected chi connectivity index (χ4v) is 4.70. The number of methoxy groups -OCH3 is 1. The highest BCUT2D eigenvalue weighted by Gasteiger charge is 2.23. The zero-order valence-electron chi connectivity index (χ0n) is 16.2. The maximum atomic E-state index is 12.4. The molecule has 0 fully saturated rings. The standard InChI is InChI=1S/C20H19ClN2O5S2/c1-13(23-30(25,26)16-9-7-14(21)8-10-16)20(24)28-11-15-12-29-19(22-15)17-5-3-4-6-18(17)27-2/h3-10,12-13,23H,11H2,1-2H3/t13-/m0/s1. The molecule has 3 rings (SSSR count). The lowest BCUT2D eigenvalue weighted by atomic mass is 10.2. The molecular weight excluding hydrogens is 448 g/mol. The summed E-state index contributed by atoms with van der Waals surface area (Å²) in [5.74, 6) is -0.0139. The minimum absolute atomic E-state index is 0.00695. The first-order valence-electron chi connectivity index (χ1n) is 8.82. The number of esters is 1. The third kappa shape index (κ3) is 5.37. The van der Waals surface area contributed by atoms with Gasteiger partial charge in [-0.25, -0.2) is 13.4 Å². The molecule has 1 aromatic heterocycles. The molecule has 7 nitrogen and oxygen atoms in total. The van der Waals surface area contributed by atoms with Gasteiger partial charge in [-0.15, -0.1) is 11.3 Å². The zero-order chi connectivity index (χ0) is 21.7. The van der Waals surface area contributed by atoms with Crippen molar-refractivity contribution in [1.29, 1.82) is 0 Å². The van der Waals surface area contributed by atoms with Crippen molar-refractivity contribution in [3.05, 3.63) is 64.6 Å². The minimum Gasteiger partial charge on any atom is -0.496 e. The van der Waals surface area contributed by atoms with E-state index in [-0.39, 0.29) is 11.5 Å². The van der Waals surface area contributed by atoms with Crippen LogP contribution in [0.2, 0.25) is 5.02 Å². The second-order valence-corrected chi connectivity index (χ2v) is 9.26. The van der Waals surface area contributed by atoms with Crippen LogP contribution in [-0.4, -0.2) is 32.5 Å². The lowest BCUT2D eigenvalue weighted by Crippen LogP contribution is -2.39. The fourth-order valence-electron chi connectivity index (χ4n) is 2.55. The second-order valence-electron chi connectivity index (χ2n) is 6.25. The zero-order valence-corrected chi connectivity index (χ0v) is 18.6. The van der Waals surface area contributed by atoms with Crippen molar-refractivity contribution in [2.24, 2.45) is 0 Å². The number of hydrogen-bond acceptors (Lipinski definition) is 7. The van der Waals surface area contributed by atoms with Gasteiger partial charge in [-0.05, 0) is 43.3 Å². The van der Waals surface area contributed by atoms with Crippen LogP contribution in [0.3, 0.4) is 0 Å².